The molecule has 2 aromatic rings. The molecule has 2 heteroatoms. The first-order valence-electron chi connectivity index (χ1n) is 5.76. The molecule has 2 aromatic carbocycles. The molecule has 1 unspecified atom stereocenters. The van der Waals surface area contributed by atoms with Crippen molar-refractivity contribution in [3.8, 4) is 0 Å². The summed E-state index contributed by atoms with van der Waals surface area (Å²) in [6.07, 6.45) is 2.36. The molecule has 1 nitrogen and oxygen atoms in total. The van der Waals surface area contributed by atoms with Crippen molar-refractivity contribution in [2.75, 3.05) is 5.32 Å². The van der Waals surface area contributed by atoms with Gasteiger partial charge in [-0.05, 0) is 0 Å². The van der Waals surface area contributed by atoms with E-state index in [-0.39, 0.29) is 0 Å². The summed E-state index contributed by atoms with van der Waals surface area (Å²) in [7, 11) is 0. The summed E-state index contributed by atoms with van der Waals surface area (Å²) in [5, 5.41) is 3.62. The second kappa shape index (κ2) is 3.43. The molecule has 0 amide bonds. The Bertz CT molecular complexity index is 658. The van der Waals surface area contributed by atoms with Crippen molar-refractivity contribution in [2.45, 2.75) is 6.04 Å². The Morgan fingerprint density at radius 1 is 1.00 bits per heavy atom. The average Bonchev–Trinajstić information content (AvgIpc) is 2.87. The molecule has 1 atom stereocenters. The summed E-state index contributed by atoms with van der Waals surface area (Å²) in [6, 6.07) is 15.6. The van der Waals surface area contributed by atoms with Gasteiger partial charge in [0, 0.05) is 0 Å². The Kier molecular flexibility index (Phi) is 1.99. The molecule has 1 aliphatic carbocycles. The van der Waals surface area contributed by atoms with Crippen LogP contribution in [0.25, 0.3) is 11.6 Å². The van der Waals surface area contributed by atoms with E-state index in [1.54, 1.807) is 0 Å². The third kappa shape index (κ3) is 1.28. The van der Waals surface area contributed by atoms with Crippen molar-refractivity contribution in [3.05, 3.63) is 59.2 Å². The Balaban J connectivity index is 1.97. The minimum absolute atomic E-state index is 0.378. The first-order chi connectivity index (χ1) is 8.34. The Hall–Kier alpha value is -1.14. The number of hydrogen-bond donors (Lipinski definition) is 1. The van der Waals surface area contributed by atoms with Crippen molar-refractivity contribution in [2.24, 2.45) is 0 Å². The molecule has 0 bridgehead atoms. The van der Waals surface area contributed by atoms with Crippen LogP contribution in [-0.2, 0) is 24.7 Å². The fourth-order valence-corrected chi connectivity index (χ4v) is 3.58. The molecular weight excluding hydrogens is 285 g/mol. The van der Waals surface area contributed by atoms with Crippen molar-refractivity contribution in [1.82, 2.24) is 0 Å². The number of anilines is 1. The molecule has 0 aromatic heterocycles. The van der Waals surface area contributed by atoms with Gasteiger partial charge in [0.25, 0.3) is 0 Å². The van der Waals surface area contributed by atoms with Crippen LogP contribution < -0.4 is 8.59 Å². The van der Waals surface area contributed by atoms with Gasteiger partial charge < -0.3 is 0 Å². The van der Waals surface area contributed by atoms with Gasteiger partial charge in [-0.1, -0.05) is 0 Å². The normalized spacial score (nSPS) is 19.0. The van der Waals surface area contributed by atoms with Gasteiger partial charge in [-0.3, -0.25) is 0 Å². The predicted molar refractivity (Wildman–Crippen MR) is 66.8 cm³/mol. The van der Waals surface area contributed by atoms with Crippen molar-refractivity contribution < 1.29 is 24.7 Å². The van der Waals surface area contributed by atoms with E-state index in [1.165, 1.54) is 55.9 Å². The Morgan fingerprint density at radius 3 is 2.82 bits per heavy atom. The van der Waals surface area contributed by atoms with Gasteiger partial charge in [0.05, 0.1) is 0 Å². The summed E-state index contributed by atoms with van der Waals surface area (Å²) in [5.41, 5.74) is 6.94. The molecular formula is C15H10NZr. The molecule has 0 radical (unpaired) electrons. The molecule has 2 aliphatic rings. The molecule has 0 fully saturated rings. The molecule has 1 heterocycles. The first-order valence-corrected chi connectivity index (χ1v) is 6.99. The maximum absolute atomic E-state index is 3.62. The standard InChI is InChI=1S/C15H10N.Zr/c1-2-6-11-10(5-1)9-13-12-7-3-4-8-14(12)16-15(11)13;/h1-4,6-9,15-16H;. The van der Waals surface area contributed by atoms with Crippen LogP contribution in [0.5, 0.6) is 0 Å². The van der Waals surface area contributed by atoms with Crippen molar-refractivity contribution in [3.63, 3.8) is 0 Å². The summed E-state index contributed by atoms with van der Waals surface area (Å²) >= 11 is 1.49. The number of benzene rings is 2. The molecule has 4 rings (SSSR count). The zero-order valence-electron chi connectivity index (χ0n) is 9.20. The van der Waals surface area contributed by atoms with E-state index >= 15 is 0 Å². The van der Waals surface area contributed by atoms with Gasteiger partial charge in [0.1, 0.15) is 0 Å². The Morgan fingerprint density at radius 2 is 1.88 bits per heavy atom. The van der Waals surface area contributed by atoms with Gasteiger partial charge in [-0.2, -0.15) is 0 Å². The second-order valence-electron chi connectivity index (χ2n) is 4.53. The molecule has 0 spiro atoms. The van der Waals surface area contributed by atoms with Crippen LogP contribution >= 0.6 is 0 Å². The summed E-state index contributed by atoms with van der Waals surface area (Å²) in [4.78, 5) is 0. The van der Waals surface area contributed by atoms with E-state index in [1.807, 2.05) is 0 Å². The first kappa shape index (κ1) is 9.85. The van der Waals surface area contributed by atoms with E-state index in [0.29, 0.717) is 6.04 Å². The quantitative estimate of drug-likeness (QED) is 0.788. The van der Waals surface area contributed by atoms with E-state index < -0.39 is 0 Å². The fourth-order valence-electron chi connectivity index (χ4n) is 2.81. The SMILES string of the molecule is [Zr][c]1cccc2c1C=C1c3ccccc3NC12. The van der Waals surface area contributed by atoms with Crippen LogP contribution in [0.4, 0.5) is 5.69 Å². The number of fused-ring (bicyclic) bond motifs is 5. The van der Waals surface area contributed by atoms with Crippen molar-refractivity contribution in [1.29, 1.82) is 0 Å². The summed E-state index contributed by atoms with van der Waals surface area (Å²) in [5.74, 6) is 0. The molecule has 1 N–H and O–H groups in total. The third-order valence-electron chi connectivity index (χ3n) is 3.60. The number of hydrogen-bond acceptors (Lipinski definition) is 1. The van der Waals surface area contributed by atoms with Crippen LogP contribution in [-0.4, -0.2) is 0 Å². The number of para-hydroxylation sites is 1. The molecule has 79 valence electrons. The molecule has 0 saturated heterocycles. The predicted octanol–water partition coefficient (Wildman–Crippen LogP) is 2.88. The van der Waals surface area contributed by atoms with Crippen LogP contribution in [0.2, 0.25) is 0 Å². The van der Waals surface area contributed by atoms with E-state index in [9.17, 15) is 0 Å². The van der Waals surface area contributed by atoms with E-state index in [4.69, 9.17) is 0 Å². The third-order valence-corrected chi connectivity index (χ3v) is 4.67. The zero-order chi connectivity index (χ0) is 11.4. The molecule has 0 saturated carbocycles. The fraction of sp³-hybridized carbons (Fsp3) is 0.0667. The second-order valence-corrected chi connectivity index (χ2v) is 5.86. The monoisotopic (exact) mass is 294 g/mol. The van der Waals surface area contributed by atoms with Crippen LogP contribution in [0, 0.1) is 0 Å². The van der Waals surface area contributed by atoms with Gasteiger partial charge in [-0.15, -0.1) is 0 Å². The number of rotatable bonds is 0. The minimum atomic E-state index is 0.378. The Labute approximate surface area is 115 Å². The van der Waals surface area contributed by atoms with E-state index in [2.05, 4.69) is 53.9 Å². The molecule has 17 heavy (non-hydrogen) atoms. The molecule has 1 aliphatic heterocycles. The van der Waals surface area contributed by atoms with Gasteiger partial charge >= 0.3 is 116 Å². The van der Waals surface area contributed by atoms with Crippen LogP contribution in [0.1, 0.15) is 22.7 Å². The summed E-state index contributed by atoms with van der Waals surface area (Å²) < 4.78 is 1.45. The van der Waals surface area contributed by atoms with Crippen LogP contribution in [0.15, 0.2) is 42.5 Å². The van der Waals surface area contributed by atoms with Gasteiger partial charge in [0.2, 0.25) is 0 Å². The number of nitrogens with one attached hydrogen (secondary N) is 1. The summed E-state index contributed by atoms with van der Waals surface area (Å²) in [6.45, 7) is 0. The van der Waals surface area contributed by atoms with Gasteiger partial charge in [0.15, 0.2) is 0 Å². The van der Waals surface area contributed by atoms with E-state index in [0.717, 1.165) is 0 Å². The average molecular weight is 295 g/mol. The van der Waals surface area contributed by atoms with Gasteiger partial charge in [-0.25, -0.2) is 0 Å². The topological polar surface area (TPSA) is 12.0 Å². The maximum atomic E-state index is 3.62. The zero-order valence-corrected chi connectivity index (χ0v) is 11.7. The van der Waals surface area contributed by atoms with Crippen LogP contribution in [0.3, 0.4) is 0 Å². The van der Waals surface area contributed by atoms with Crippen molar-refractivity contribution >= 4 is 20.6 Å².